The topological polar surface area (TPSA) is 75.2 Å². The highest BCUT2D eigenvalue weighted by Crippen LogP contribution is 2.23. The van der Waals surface area contributed by atoms with Gasteiger partial charge in [-0.2, -0.15) is 4.31 Å². The molecule has 0 spiro atoms. The molecule has 6 nitrogen and oxygen atoms in total. The summed E-state index contributed by atoms with van der Waals surface area (Å²) in [6.45, 7) is 2.54. The van der Waals surface area contributed by atoms with Gasteiger partial charge in [0.25, 0.3) is 0 Å². The van der Waals surface area contributed by atoms with E-state index >= 15 is 0 Å². The van der Waals surface area contributed by atoms with E-state index in [1.165, 1.54) is 12.4 Å². The third kappa shape index (κ3) is 3.03. The molecular formula is C12H20N4O2S. The monoisotopic (exact) mass is 284 g/mol. The van der Waals surface area contributed by atoms with Crippen LogP contribution in [-0.2, 0) is 10.0 Å². The Kier molecular flexibility index (Phi) is 4.36. The maximum absolute atomic E-state index is 12.6. The minimum Gasteiger partial charge on any atom is -0.357 e. The fraction of sp³-hybridized carbons (Fsp3) is 0.667. The van der Waals surface area contributed by atoms with Gasteiger partial charge >= 0.3 is 0 Å². The van der Waals surface area contributed by atoms with Crippen molar-refractivity contribution in [2.24, 2.45) is 0 Å². The van der Waals surface area contributed by atoms with Crippen LogP contribution in [0, 0.1) is 0 Å². The van der Waals surface area contributed by atoms with E-state index in [-0.39, 0.29) is 10.9 Å². The smallest absolute Gasteiger partial charge is 0.246 e. The highest BCUT2D eigenvalue weighted by atomic mass is 32.2. The highest BCUT2D eigenvalue weighted by molar-refractivity contribution is 7.89. The molecule has 1 aromatic heterocycles. The van der Waals surface area contributed by atoms with Crippen molar-refractivity contribution in [2.75, 3.05) is 18.9 Å². The maximum Gasteiger partial charge on any atom is 0.246 e. The fourth-order valence-corrected chi connectivity index (χ4v) is 3.91. The maximum atomic E-state index is 12.6. The van der Waals surface area contributed by atoms with Crippen LogP contribution in [0.3, 0.4) is 0 Å². The van der Waals surface area contributed by atoms with E-state index in [0.717, 1.165) is 25.7 Å². The number of sulfonamides is 1. The highest BCUT2D eigenvalue weighted by Gasteiger charge is 2.30. The molecule has 2 heterocycles. The molecule has 0 bridgehead atoms. The number of nitrogens with one attached hydrogen (secondary N) is 1. The molecule has 7 heteroatoms. The third-order valence-electron chi connectivity index (χ3n) is 3.45. The Morgan fingerprint density at radius 3 is 2.58 bits per heavy atom. The summed E-state index contributed by atoms with van der Waals surface area (Å²) in [6, 6.07) is 0.0384. The van der Waals surface area contributed by atoms with Gasteiger partial charge in [-0.05, 0) is 19.8 Å². The van der Waals surface area contributed by atoms with Crippen molar-refractivity contribution < 1.29 is 8.42 Å². The Morgan fingerprint density at radius 2 is 1.95 bits per heavy atom. The molecule has 106 valence electrons. The molecule has 1 saturated heterocycles. The summed E-state index contributed by atoms with van der Waals surface area (Å²) in [7, 11) is -1.78. The van der Waals surface area contributed by atoms with Gasteiger partial charge in [-0.15, -0.1) is 0 Å². The summed E-state index contributed by atoms with van der Waals surface area (Å²) in [4.78, 5) is 8.12. The fourth-order valence-electron chi connectivity index (χ4n) is 2.32. The number of aromatic nitrogens is 2. The van der Waals surface area contributed by atoms with Gasteiger partial charge in [0.1, 0.15) is 4.90 Å². The van der Waals surface area contributed by atoms with E-state index in [1.54, 1.807) is 11.4 Å². The molecule has 1 aromatic rings. The van der Waals surface area contributed by atoms with Crippen LogP contribution in [0.15, 0.2) is 17.3 Å². The zero-order chi connectivity index (χ0) is 13.9. The quantitative estimate of drug-likeness (QED) is 0.909. The Hall–Kier alpha value is -1.21. The molecule has 1 atom stereocenters. The van der Waals surface area contributed by atoms with Crippen LogP contribution in [-0.4, -0.2) is 42.3 Å². The normalized spacial score (nSPS) is 21.9. The van der Waals surface area contributed by atoms with E-state index < -0.39 is 10.0 Å². The second-order valence-corrected chi connectivity index (χ2v) is 6.70. The van der Waals surface area contributed by atoms with Crippen LogP contribution in [0.5, 0.6) is 0 Å². The summed E-state index contributed by atoms with van der Waals surface area (Å²) in [6.07, 6.45) is 6.74. The molecule has 0 radical (unpaired) electrons. The van der Waals surface area contributed by atoms with E-state index in [0.29, 0.717) is 12.5 Å². The van der Waals surface area contributed by atoms with E-state index in [9.17, 15) is 8.42 Å². The summed E-state index contributed by atoms with van der Waals surface area (Å²) >= 11 is 0. The van der Waals surface area contributed by atoms with Crippen LogP contribution in [0.1, 0.15) is 32.6 Å². The van der Waals surface area contributed by atoms with Crippen molar-refractivity contribution in [2.45, 2.75) is 43.5 Å². The summed E-state index contributed by atoms with van der Waals surface area (Å²) in [5.74, 6) is 0.419. The van der Waals surface area contributed by atoms with Gasteiger partial charge in [0, 0.05) is 19.6 Å². The molecular weight excluding hydrogens is 264 g/mol. The summed E-state index contributed by atoms with van der Waals surface area (Å²) < 4.78 is 26.7. The molecule has 1 unspecified atom stereocenters. The Balaban J connectivity index is 2.29. The minimum atomic E-state index is -3.48. The molecule has 1 N–H and O–H groups in total. The average Bonchev–Trinajstić information content (AvgIpc) is 2.64. The summed E-state index contributed by atoms with van der Waals surface area (Å²) in [5, 5.41) is 2.77. The lowest BCUT2D eigenvalue weighted by Gasteiger charge is -2.25. The first-order valence-corrected chi connectivity index (χ1v) is 8.01. The molecule has 0 aliphatic carbocycles. The SMILES string of the molecule is CNc1ncc(S(=O)(=O)N2CCCCCC2C)cn1. The first kappa shape index (κ1) is 14.2. The molecule has 1 aliphatic rings. The van der Waals surface area contributed by atoms with Gasteiger partial charge < -0.3 is 5.32 Å². The zero-order valence-corrected chi connectivity index (χ0v) is 12.2. The molecule has 0 amide bonds. The van der Waals surface area contributed by atoms with Gasteiger partial charge in [-0.25, -0.2) is 18.4 Å². The molecule has 0 saturated carbocycles. The van der Waals surface area contributed by atoms with Gasteiger partial charge in [-0.3, -0.25) is 0 Å². The van der Waals surface area contributed by atoms with Crippen LogP contribution in [0.4, 0.5) is 5.95 Å². The number of hydrogen-bond acceptors (Lipinski definition) is 5. The van der Waals surface area contributed by atoms with Crippen molar-refractivity contribution in [3.63, 3.8) is 0 Å². The third-order valence-corrected chi connectivity index (χ3v) is 5.42. The van der Waals surface area contributed by atoms with Crippen LogP contribution in [0.25, 0.3) is 0 Å². The number of anilines is 1. The molecule has 19 heavy (non-hydrogen) atoms. The Bertz CT molecular complexity index is 515. The van der Waals surface area contributed by atoms with Crippen molar-refractivity contribution >= 4 is 16.0 Å². The largest absolute Gasteiger partial charge is 0.357 e. The molecule has 2 rings (SSSR count). The average molecular weight is 284 g/mol. The molecule has 1 fully saturated rings. The van der Waals surface area contributed by atoms with Crippen LogP contribution < -0.4 is 5.32 Å². The second-order valence-electron chi connectivity index (χ2n) is 4.81. The van der Waals surface area contributed by atoms with E-state index in [2.05, 4.69) is 15.3 Å². The Labute approximate surface area is 114 Å². The number of hydrogen-bond donors (Lipinski definition) is 1. The van der Waals surface area contributed by atoms with Gasteiger partial charge in [0.05, 0.1) is 12.4 Å². The minimum absolute atomic E-state index is 0.0384. The first-order valence-electron chi connectivity index (χ1n) is 6.57. The van der Waals surface area contributed by atoms with Crippen LogP contribution >= 0.6 is 0 Å². The lowest BCUT2D eigenvalue weighted by molar-refractivity contribution is 0.342. The lowest BCUT2D eigenvalue weighted by Crippen LogP contribution is -2.38. The van der Waals surface area contributed by atoms with E-state index in [4.69, 9.17) is 0 Å². The van der Waals surface area contributed by atoms with Gasteiger partial charge in [0.2, 0.25) is 16.0 Å². The van der Waals surface area contributed by atoms with Gasteiger partial charge in [0.15, 0.2) is 0 Å². The molecule has 1 aliphatic heterocycles. The number of nitrogens with zero attached hydrogens (tertiary/aromatic N) is 3. The lowest BCUT2D eigenvalue weighted by atomic mass is 10.1. The van der Waals surface area contributed by atoms with Crippen molar-refractivity contribution in [1.82, 2.24) is 14.3 Å². The predicted molar refractivity (Wildman–Crippen MR) is 73.4 cm³/mol. The number of rotatable bonds is 3. The van der Waals surface area contributed by atoms with Crippen LogP contribution in [0.2, 0.25) is 0 Å². The Morgan fingerprint density at radius 1 is 1.26 bits per heavy atom. The van der Waals surface area contributed by atoms with E-state index in [1.807, 2.05) is 6.92 Å². The molecule has 0 aromatic carbocycles. The standard InChI is InChI=1S/C12H20N4O2S/c1-10-6-4-3-5-7-16(10)19(17,18)11-8-14-12(13-2)15-9-11/h8-10H,3-7H2,1-2H3,(H,13,14,15). The van der Waals surface area contributed by atoms with Crippen molar-refractivity contribution in [3.05, 3.63) is 12.4 Å². The summed E-state index contributed by atoms with van der Waals surface area (Å²) in [5.41, 5.74) is 0. The van der Waals surface area contributed by atoms with Crippen molar-refractivity contribution in [3.8, 4) is 0 Å². The van der Waals surface area contributed by atoms with Crippen molar-refractivity contribution in [1.29, 1.82) is 0 Å². The second kappa shape index (κ2) is 5.83. The predicted octanol–water partition coefficient (Wildman–Crippen LogP) is 1.47. The first-order chi connectivity index (χ1) is 9.05. The van der Waals surface area contributed by atoms with Gasteiger partial charge in [-0.1, -0.05) is 12.8 Å². The zero-order valence-electron chi connectivity index (χ0n) is 11.3.